The molecule has 5 nitrogen and oxygen atoms in total. The summed E-state index contributed by atoms with van der Waals surface area (Å²) in [4.78, 5) is 15.0. The van der Waals surface area contributed by atoms with Crippen molar-refractivity contribution in [3.05, 3.63) is 41.8 Å². The van der Waals surface area contributed by atoms with Crippen molar-refractivity contribution in [2.24, 2.45) is 11.8 Å². The molecule has 3 rings (SSSR count). The van der Waals surface area contributed by atoms with E-state index in [9.17, 15) is 9.18 Å². The van der Waals surface area contributed by atoms with Gasteiger partial charge in [0.15, 0.2) is 5.76 Å². The summed E-state index contributed by atoms with van der Waals surface area (Å²) in [5, 5.41) is 7.37. The van der Waals surface area contributed by atoms with Gasteiger partial charge in [0.1, 0.15) is 5.82 Å². The second-order valence-electron chi connectivity index (χ2n) is 8.46. The van der Waals surface area contributed by atoms with Gasteiger partial charge in [-0.05, 0) is 48.9 Å². The van der Waals surface area contributed by atoms with Gasteiger partial charge in [-0.1, -0.05) is 32.9 Å². The first-order valence-corrected chi connectivity index (χ1v) is 10.1. The second kappa shape index (κ2) is 8.86. The molecular formula is C22H30FN3O2. The number of benzene rings is 1. The van der Waals surface area contributed by atoms with E-state index >= 15 is 0 Å². The molecule has 2 heterocycles. The van der Waals surface area contributed by atoms with Crippen LogP contribution in [0.5, 0.6) is 0 Å². The van der Waals surface area contributed by atoms with Crippen LogP contribution in [0.2, 0.25) is 0 Å². The lowest BCUT2D eigenvalue weighted by Crippen LogP contribution is -2.61. The van der Waals surface area contributed by atoms with E-state index in [1.807, 2.05) is 6.07 Å². The zero-order valence-corrected chi connectivity index (χ0v) is 17.1. The number of halogens is 1. The van der Waals surface area contributed by atoms with Crippen molar-refractivity contribution in [1.29, 1.82) is 0 Å². The summed E-state index contributed by atoms with van der Waals surface area (Å²) in [6.45, 7) is 9.96. The Kier molecular flexibility index (Phi) is 6.50. The Bertz CT molecular complexity index is 785. The Morgan fingerprint density at radius 1 is 1.25 bits per heavy atom. The van der Waals surface area contributed by atoms with Gasteiger partial charge >= 0.3 is 0 Å². The van der Waals surface area contributed by atoms with Gasteiger partial charge in [-0.15, -0.1) is 0 Å². The number of aromatic nitrogens is 1. The Balaban J connectivity index is 1.76. The number of carbonyl (C=O) groups is 1. The van der Waals surface area contributed by atoms with Crippen LogP contribution in [-0.2, 0) is 11.3 Å². The number of hydrogen-bond acceptors (Lipinski definition) is 4. The highest BCUT2D eigenvalue weighted by Gasteiger charge is 2.35. The smallest absolute Gasteiger partial charge is 0.237 e. The molecule has 1 N–H and O–H groups in total. The molecule has 1 fully saturated rings. The van der Waals surface area contributed by atoms with E-state index in [0.29, 0.717) is 24.1 Å². The Morgan fingerprint density at radius 2 is 1.96 bits per heavy atom. The minimum absolute atomic E-state index is 0.104. The summed E-state index contributed by atoms with van der Waals surface area (Å²) in [5.41, 5.74) is 1.57. The molecule has 1 saturated heterocycles. The molecule has 1 aliphatic rings. The summed E-state index contributed by atoms with van der Waals surface area (Å²) in [6.07, 6.45) is 1.83. The maximum absolute atomic E-state index is 13.1. The van der Waals surface area contributed by atoms with Crippen LogP contribution in [-0.4, -0.2) is 34.6 Å². The molecule has 2 unspecified atom stereocenters. The van der Waals surface area contributed by atoms with E-state index in [4.69, 9.17) is 4.52 Å². The minimum Gasteiger partial charge on any atom is -0.356 e. The normalized spacial score (nSPS) is 20.8. The third-order valence-corrected chi connectivity index (χ3v) is 5.38. The number of nitrogens with zero attached hydrogens (tertiary/aromatic N) is 2. The van der Waals surface area contributed by atoms with Gasteiger partial charge in [0.2, 0.25) is 5.91 Å². The lowest BCUT2D eigenvalue weighted by Gasteiger charge is -2.40. The molecule has 0 bridgehead atoms. The quantitative estimate of drug-likeness (QED) is 0.772. The first kappa shape index (κ1) is 20.5. The topological polar surface area (TPSA) is 58.4 Å². The predicted molar refractivity (Wildman–Crippen MR) is 107 cm³/mol. The lowest BCUT2D eigenvalue weighted by molar-refractivity contribution is -0.132. The molecule has 2 atom stereocenters. The van der Waals surface area contributed by atoms with Crippen LogP contribution in [0.1, 0.15) is 46.2 Å². The zero-order valence-electron chi connectivity index (χ0n) is 17.1. The maximum atomic E-state index is 13.1. The number of rotatable bonds is 7. The lowest BCUT2D eigenvalue weighted by atomic mass is 9.95. The van der Waals surface area contributed by atoms with Crippen molar-refractivity contribution in [1.82, 2.24) is 15.4 Å². The van der Waals surface area contributed by atoms with Crippen LogP contribution >= 0.6 is 0 Å². The number of nitrogens with one attached hydrogen (secondary N) is 1. The monoisotopic (exact) mass is 387 g/mol. The largest absolute Gasteiger partial charge is 0.356 e. The average molecular weight is 387 g/mol. The fourth-order valence-corrected chi connectivity index (χ4v) is 3.57. The molecular weight excluding hydrogens is 357 g/mol. The number of carbonyl (C=O) groups excluding carboxylic acids is 1. The highest BCUT2D eigenvalue weighted by atomic mass is 19.1. The number of hydrogen-bond donors (Lipinski definition) is 1. The van der Waals surface area contributed by atoms with E-state index in [2.05, 4.69) is 43.1 Å². The third-order valence-electron chi connectivity index (χ3n) is 5.38. The highest BCUT2D eigenvalue weighted by molar-refractivity contribution is 5.82. The van der Waals surface area contributed by atoms with Crippen molar-refractivity contribution in [3.63, 3.8) is 0 Å². The van der Waals surface area contributed by atoms with E-state index in [1.54, 1.807) is 12.1 Å². The summed E-state index contributed by atoms with van der Waals surface area (Å²) in [6, 6.07) is 8.02. The van der Waals surface area contributed by atoms with Crippen LogP contribution in [0.3, 0.4) is 0 Å². The fraction of sp³-hybridized carbons (Fsp3) is 0.545. The summed E-state index contributed by atoms with van der Waals surface area (Å²) >= 11 is 0. The summed E-state index contributed by atoms with van der Waals surface area (Å²) in [5.74, 6) is 1.35. The molecule has 152 valence electrons. The number of piperazine rings is 1. The van der Waals surface area contributed by atoms with Gasteiger partial charge in [0.05, 0.1) is 11.7 Å². The second-order valence-corrected chi connectivity index (χ2v) is 8.46. The molecule has 1 aromatic heterocycles. The van der Waals surface area contributed by atoms with Gasteiger partial charge in [-0.25, -0.2) is 4.39 Å². The van der Waals surface area contributed by atoms with E-state index < -0.39 is 0 Å². The third kappa shape index (κ3) is 4.98. The van der Waals surface area contributed by atoms with Crippen LogP contribution in [0.15, 0.2) is 34.9 Å². The van der Waals surface area contributed by atoms with Crippen molar-refractivity contribution in [2.75, 3.05) is 6.54 Å². The van der Waals surface area contributed by atoms with Crippen LogP contribution in [0.4, 0.5) is 4.39 Å². The van der Waals surface area contributed by atoms with Gasteiger partial charge in [-0.2, -0.15) is 0 Å². The first-order valence-electron chi connectivity index (χ1n) is 10.1. The molecule has 1 aromatic carbocycles. The summed E-state index contributed by atoms with van der Waals surface area (Å²) in [7, 11) is 0. The fourth-order valence-electron chi connectivity index (χ4n) is 3.57. The Hall–Kier alpha value is -2.21. The van der Waals surface area contributed by atoms with Crippen LogP contribution in [0, 0.1) is 17.7 Å². The zero-order chi connectivity index (χ0) is 20.3. The molecule has 2 aromatic rings. The van der Waals surface area contributed by atoms with Crippen molar-refractivity contribution < 1.29 is 13.7 Å². The van der Waals surface area contributed by atoms with Crippen molar-refractivity contribution >= 4 is 5.91 Å². The van der Waals surface area contributed by atoms with E-state index in [1.165, 1.54) is 12.1 Å². The maximum Gasteiger partial charge on any atom is 0.237 e. The first-order chi connectivity index (χ1) is 13.3. The minimum atomic E-state index is -0.282. The van der Waals surface area contributed by atoms with Crippen LogP contribution < -0.4 is 5.32 Å². The molecule has 1 aliphatic heterocycles. The predicted octanol–water partition coefficient (Wildman–Crippen LogP) is 4.24. The molecule has 1 amide bonds. The summed E-state index contributed by atoms with van der Waals surface area (Å²) < 4.78 is 18.6. The molecule has 6 heteroatoms. The molecule has 28 heavy (non-hydrogen) atoms. The standard InChI is InChI=1S/C22H30FN3O2/c1-14(2)5-10-20-22(27)24-19(15(3)4)13-26(20)12-18-11-21(28-25-18)16-6-8-17(23)9-7-16/h6-9,11,14-15,19-20H,5,10,12-13H2,1-4H3,(H,24,27). The van der Waals surface area contributed by atoms with Gasteiger partial charge < -0.3 is 9.84 Å². The van der Waals surface area contributed by atoms with Gasteiger partial charge in [0, 0.05) is 30.8 Å². The van der Waals surface area contributed by atoms with Gasteiger partial charge in [0.25, 0.3) is 0 Å². The van der Waals surface area contributed by atoms with E-state index in [-0.39, 0.29) is 23.8 Å². The van der Waals surface area contributed by atoms with Crippen molar-refractivity contribution in [2.45, 2.75) is 59.2 Å². The molecule has 0 saturated carbocycles. The Morgan fingerprint density at radius 3 is 2.61 bits per heavy atom. The molecule has 0 aliphatic carbocycles. The van der Waals surface area contributed by atoms with Crippen LogP contribution in [0.25, 0.3) is 11.3 Å². The van der Waals surface area contributed by atoms with Gasteiger partial charge in [-0.3, -0.25) is 9.69 Å². The Labute approximate surface area is 166 Å². The van der Waals surface area contributed by atoms with E-state index in [0.717, 1.165) is 30.6 Å². The molecule has 0 spiro atoms. The highest BCUT2D eigenvalue weighted by Crippen LogP contribution is 2.24. The SMILES string of the molecule is CC(C)CCC1C(=O)NC(C(C)C)CN1Cc1cc(-c2ccc(F)cc2)on1. The number of amides is 1. The molecule has 0 radical (unpaired) electrons. The van der Waals surface area contributed by atoms with Crippen molar-refractivity contribution in [3.8, 4) is 11.3 Å². The average Bonchev–Trinajstić information content (AvgIpc) is 3.09.